The number of hydrogen-bond donors (Lipinski definition) is 1. The lowest BCUT2D eigenvalue weighted by atomic mass is 9.71. The number of nitriles is 1. The molecule has 6 nitrogen and oxygen atoms in total. The van der Waals surface area contributed by atoms with Crippen molar-refractivity contribution in [2.75, 3.05) is 0 Å². The van der Waals surface area contributed by atoms with E-state index in [1.807, 2.05) is 29.9 Å². The molecule has 0 unspecified atom stereocenters. The summed E-state index contributed by atoms with van der Waals surface area (Å²) in [6, 6.07) is 4.08. The monoisotopic (exact) mass is 385 g/mol. The average molecular weight is 386 g/mol. The molecule has 3 rings (SSSR count). The molecule has 0 saturated heterocycles. The Morgan fingerprint density at radius 3 is 2.63 bits per heavy atom. The molecule has 2 heterocycles. The summed E-state index contributed by atoms with van der Waals surface area (Å²) in [5.74, 6) is 0.907. The van der Waals surface area contributed by atoms with Gasteiger partial charge < -0.3 is 5.32 Å². The topological polar surface area (TPSA) is 83.6 Å². The molecule has 1 amide bonds. The van der Waals surface area contributed by atoms with Crippen molar-refractivity contribution < 1.29 is 4.79 Å². The average Bonchev–Trinajstić information content (AvgIpc) is 3.34. The van der Waals surface area contributed by atoms with Crippen LogP contribution in [-0.4, -0.2) is 20.9 Å². The first-order valence-corrected chi connectivity index (χ1v) is 10.4. The molecular formula is C20H27N5OS. The number of aromatic nitrogens is 3. The van der Waals surface area contributed by atoms with Crippen LogP contribution < -0.4 is 5.32 Å². The molecule has 2 aromatic heterocycles. The smallest absolute Gasteiger partial charge is 0.252 e. The maximum atomic E-state index is 12.8. The van der Waals surface area contributed by atoms with E-state index in [1.165, 1.54) is 11.3 Å². The predicted octanol–water partition coefficient (Wildman–Crippen LogP) is 4.07. The van der Waals surface area contributed by atoms with E-state index >= 15 is 0 Å². The van der Waals surface area contributed by atoms with E-state index in [0.717, 1.165) is 25.7 Å². The summed E-state index contributed by atoms with van der Waals surface area (Å²) in [7, 11) is 0. The highest BCUT2D eigenvalue weighted by Gasteiger charge is 2.42. The van der Waals surface area contributed by atoms with Gasteiger partial charge in [0.05, 0.1) is 23.4 Å². The lowest BCUT2D eigenvalue weighted by Crippen LogP contribution is -2.50. The molecule has 1 N–H and O–H groups in total. The fourth-order valence-corrected chi connectivity index (χ4v) is 4.38. The fraction of sp³-hybridized carbons (Fsp3) is 0.600. The summed E-state index contributed by atoms with van der Waals surface area (Å²) in [5.41, 5.74) is -0.0257. The standard InChI is InChI=1S/C20H27N5OS/c1-14-5-7-16(8-6-14)20(4,22-18(26)15-9-10-27-12-15)17-11-25(24-23-17)19(2,3)13-21/h9-12,14,16H,5-8H2,1-4H3,(H,22,26)/t14?,16?,20-/m0/s1. The maximum Gasteiger partial charge on any atom is 0.252 e. The SMILES string of the molecule is CC1CCC([C@](C)(NC(=O)c2ccsc2)c2cn(C(C)(C)C#N)nn2)CC1. The van der Waals surface area contributed by atoms with Crippen LogP contribution in [0.4, 0.5) is 0 Å². The number of hydrogen-bond acceptors (Lipinski definition) is 5. The van der Waals surface area contributed by atoms with Crippen LogP contribution in [0.2, 0.25) is 0 Å². The van der Waals surface area contributed by atoms with Crippen molar-refractivity contribution in [1.29, 1.82) is 5.26 Å². The molecule has 7 heteroatoms. The lowest BCUT2D eigenvalue weighted by molar-refractivity contribution is 0.0813. The van der Waals surface area contributed by atoms with E-state index in [2.05, 4.69) is 28.6 Å². The Morgan fingerprint density at radius 2 is 2.04 bits per heavy atom. The molecule has 0 radical (unpaired) electrons. The van der Waals surface area contributed by atoms with Gasteiger partial charge in [-0.1, -0.05) is 25.0 Å². The summed E-state index contributed by atoms with van der Waals surface area (Å²) in [5, 5.41) is 25.0. The molecule has 0 aromatic carbocycles. The van der Waals surface area contributed by atoms with Gasteiger partial charge in [0, 0.05) is 5.38 Å². The van der Waals surface area contributed by atoms with Crippen LogP contribution in [0.1, 0.15) is 69.4 Å². The molecule has 2 aromatic rings. The van der Waals surface area contributed by atoms with E-state index in [9.17, 15) is 10.1 Å². The Balaban J connectivity index is 1.95. The summed E-state index contributed by atoms with van der Waals surface area (Å²) in [6.07, 6.45) is 6.18. The van der Waals surface area contributed by atoms with Crippen molar-refractivity contribution in [3.05, 3.63) is 34.3 Å². The van der Waals surface area contributed by atoms with Crippen LogP contribution in [0.5, 0.6) is 0 Å². The van der Waals surface area contributed by atoms with Crippen LogP contribution in [0.25, 0.3) is 0 Å². The molecule has 27 heavy (non-hydrogen) atoms. The van der Waals surface area contributed by atoms with Crippen molar-refractivity contribution >= 4 is 17.2 Å². The first-order valence-electron chi connectivity index (χ1n) is 9.45. The number of nitrogens with zero attached hydrogens (tertiary/aromatic N) is 4. The minimum atomic E-state index is -0.787. The van der Waals surface area contributed by atoms with Gasteiger partial charge in [-0.3, -0.25) is 4.79 Å². The van der Waals surface area contributed by atoms with E-state index < -0.39 is 11.1 Å². The van der Waals surface area contributed by atoms with Crippen molar-refractivity contribution in [2.45, 2.75) is 64.5 Å². The van der Waals surface area contributed by atoms with Gasteiger partial charge in [0.1, 0.15) is 11.2 Å². The molecule has 144 valence electrons. The second-order valence-electron chi connectivity index (χ2n) is 8.34. The van der Waals surface area contributed by atoms with Crippen molar-refractivity contribution in [2.24, 2.45) is 11.8 Å². The Kier molecular flexibility index (Phi) is 5.38. The van der Waals surface area contributed by atoms with E-state index in [-0.39, 0.29) is 11.8 Å². The van der Waals surface area contributed by atoms with Gasteiger partial charge in [0.15, 0.2) is 0 Å². The molecule has 1 fully saturated rings. The van der Waals surface area contributed by atoms with Gasteiger partial charge in [-0.2, -0.15) is 16.6 Å². The second kappa shape index (κ2) is 7.43. The van der Waals surface area contributed by atoms with Crippen LogP contribution in [0, 0.1) is 23.2 Å². The third kappa shape index (κ3) is 3.91. The highest BCUT2D eigenvalue weighted by molar-refractivity contribution is 7.08. The first-order chi connectivity index (χ1) is 12.8. The second-order valence-corrected chi connectivity index (χ2v) is 9.12. The van der Waals surface area contributed by atoms with Crippen LogP contribution in [0.3, 0.4) is 0 Å². The molecular weight excluding hydrogens is 358 g/mol. The zero-order valence-corrected chi connectivity index (χ0v) is 17.2. The van der Waals surface area contributed by atoms with Gasteiger partial charge >= 0.3 is 0 Å². The predicted molar refractivity (Wildman–Crippen MR) is 105 cm³/mol. The molecule has 0 aliphatic heterocycles. The highest BCUT2D eigenvalue weighted by Crippen LogP contribution is 2.40. The Morgan fingerprint density at radius 1 is 1.33 bits per heavy atom. The van der Waals surface area contributed by atoms with E-state index in [0.29, 0.717) is 17.2 Å². The zero-order valence-electron chi connectivity index (χ0n) is 16.4. The normalized spacial score (nSPS) is 22.6. The third-order valence-corrected chi connectivity index (χ3v) is 6.54. The lowest BCUT2D eigenvalue weighted by Gasteiger charge is -2.40. The minimum absolute atomic E-state index is 0.0912. The summed E-state index contributed by atoms with van der Waals surface area (Å²) in [4.78, 5) is 12.8. The van der Waals surface area contributed by atoms with Gasteiger partial charge in [-0.05, 0) is 56.9 Å². The summed E-state index contributed by atoms with van der Waals surface area (Å²) < 4.78 is 1.59. The van der Waals surface area contributed by atoms with Gasteiger partial charge in [-0.15, -0.1) is 5.10 Å². The molecule has 0 bridgehead atoms. The largest absolute Gasteiger partial charge is 0.341 e. The molecule has 1 saturated carbocycles. The molecule has 0 spiro atoms. The summed E-state index contributed by atoms with van der Waals surface area (Å²) >= 11 is 1.51. The quantitative estimate of drug-likeness (QED) is 0.841. The van der Waals surface area contributed by atoms with Crippen LogP contribution >= 0.6 is 11.3 Å². The van der Waals surface area contributed by atoms with Crippen molar-refractivity contribution in [3.8, 4) is 6.07 Å². The van der Waals surface area contributed by atoms with Crippen LogP contribution in [-0.2, 0) is 11.1 Å². The van der Waals surface area contributed by atoms with E-state index in [4.69, 9.17) is 0 Å². The Labute approximate surface area is 164 Å². The first kappa shape index (κ1) is 19.6. The number of nitrogens with one attached hydrogen (secondary N) is 1. The minimum Gasteiger partial charge on any atom is -0.341 e. The Bertz CT molecular complexity index is 827. The molecule has 1 atom stereocenters. The van der Waals surface area contributed by atoms with Gasteiger partial charge in [-0.25, -0.2) is 4.68 Å². The summed E-state index contributed by atoms with van der Waals surface area (Å²) in [6.45, 7) is 7.93. The number of thiophene rings is 1. The molecule has 1 aliphatic carbocycles. The van der Waals surface area contributed by atoms with E-state index in [1.54, 1.807) is 18.5 Å². The highest BCUT2D eigenvalue weighted by atomic mass is 32.1. The number of carbonyl (C=O) groups excluding carboxylic acids is 1. The van der Waals surface area contributed by atoms with Gasteiger partial charge in [0.25, 0.3) is 5.91 Å². The zero-order chi connectivity index (χ0) is 19.7. The number of rotatable bonds is 5. The van der Waals surface area contributed by atoms with Gasteiger partial charge in [0.2, 0.25) is 0 Å². The number of amides is 1. The Hall–Kier alpha value is -2.20. The van der Waals surface area contributed by atoms with Crippen LogP contribution in [0.15, 0.2) is 23.0 Å². The fourth-order valence-electron chi connectivity index (χ4n) is 3.74. The third-order valence-electron chi connectivity index (χ3n) is 5.86. The van der Waals surface area contributed by atoms with Crippen molar-refractivity contribution in [3.63, 3.8) is 0 Å². The maximum absolute atomic E-state index is 12.8. The molecule has 1 aliphatic rings. The van der Waals surface area contributed by atoms with Crippen molar-refractivity contribution in [1.82, 2.24) is 20.3 Å². The number of carbonyl (C=O) groups is 1.